The smallest absolute Gasteiger partial charge is 0.259 e. The molecule has 4 rings (SSSR count). The lowest BCUT2D eigenvalue weighted by Crippen LogP contribution is -2.42. The fourth-order valence-corrected chi connectivity index (χ4v) is 4.73. The second-order valence-corrected chi connectivity index (χ2v) is 9.27. The molecule has 1 atom stereocenters. The molecule has 2 aromatic rings. The molecule has 0 saturated carbocycles. The van der Waals surface area contributed by atoms with E-state index in [0.29, 0.717) is 42.8 Å². The van der Waals surface area contributed by atoms with Gasteiger partial charge in [0, 0.05) is 32.4 Å². The van der Waals surface area contributed by atoms with Gasteiger partial charge in [-0.2, -0.15) is 0 Å². The molecular formula is C26H29N5O4S. The number of hydrogen-bond acceptors (Lipinski definition) is 7. The molecule has 2 heterocycles. The second kappa shape index (κ2) is 12.5. The van der Waals surface area contributed by atoms with Gasteiger partial charge in [-0.25, -0.2) is 9.89 Å². The molecule has 2 aromatic carbocycles. The van der Waals surface area contributed by atoms with Crippen molar-refractivity contribution < 1.29 is 19.1 Å². The van der Waals surface area contributed by atoms with E-state index in [1.807, 2.05) is 54.6 Å². The molecule has 0 aliphatic carbocycles. The van der Waals surface area contributed by atoms with E-state index < -0.39 is 6.04 Å². The van der Waals surface area contributed by atoms with Gasteiger partial charge in [0.2, 0.25) is 11.8 Å². The number of methoxy groups -OCH3 is 1. The first-order valence-electron chi connectivity index (χ1n) is 11.9. The van der Waals surface area contributed by atoms with E-state index in [-0.39, 0.29) is 29.9 Å². The highest BCUT2D eigenvalue weighted by Crippen LogP contribution is 2.33. The summed E-state index contributed by atoms with van der Waals surface area (Å²) < 4.78 is 4.99. The Morgan fingerprint density at radius 3 is 2.58 bits per heavy atom. The Hall–Kier alpha value is -3.50. The number of para-hydroxylation sites is 1. The highest BCUT2D eigenvalue weighted by molar-refractivity contribution is 8.14. The van der Waals surface area contributed by atoms with Gasteiger partial charge in [0.25, 0.3) is 5.91 Å². The molecule has 0 unspecified atom stereocenters. The van der Waals surface area contributed by atoms with Gasteiger partial charge in [-0.05, 0) is 30.5 Å². The van der Waals surface area contributed by atoms with Crippen molar-refractivity contribution in [3.63, 3.8) is 0 Å². The van der Waals surface area contributed by atoms with Crippen molar-refractivity contribution in [1.29, 1.82) is 0 Å². The average Bonchev–Trinajstić information content (AvgIpc) is 3.22. The van der Waals surface area contributed by atoms with Crippen molar-refractivity contribution in [2.45, 2.75) is 25.3 Å². The van der Waals surface area contributed by atoms with Crippen LogP contribution in [0.15, 0.2) is 64.6 Å². The molecule has 9 nitrogen and oxygen atoms in total. The minimum atomic E-state index is -0.837. The Labute approximate surface area is 214 Å². The van der Waals surface area contributed by atoms with Crippen molar-refractivity contribution in [3.05, 3.63) is 65.7 Å². The fourth-order valence-electron chi connectivity index (χ4n) is 3.90. The zero-order valence-electron chi connectivity index (χ0n) is 20.1. The maximum Gasteiger partial charge on any atom is 0.259 e. The average molecular weight is 508 g/mol. The number of aliphatic imine (C=N–C) groups is 2. The topological polar surface area (TPSA) is 112 Å². The summed E-state index contributed by atoms with van der Waals surface area (Å²) in [6.45, 7) is 1.56. The third kappa shape index (κ3) is 6.38. The van der Waals surface area contributed by atoms with E-state index in [2.05, 4.69) is 20.6 Å². The van der Waals surface area contributed by atoms with Crippen LogP contribution in [-0.2, 0) is 25.5 Å². The number of fused-ring (bicyclic) bond motifs is 3. The van der Waals surface area contributed by atoms with Crippen LogP contribution >= 0.6 is 11.8 Å². The van der Waals surface area contributed by atoms with E-state index in [4.69, 9.17) is 4.74 Å². The highest BCUT2D eigenvalue weighted by atomic mass is 32.2. The number of carbonyl (C=O) groups is 3. The van der Waals surface area contributed by atoms with E-state index in [1.54, 1.807) is 7.11 Å². The number of nitrogens with one attached hydrogen (secondary N) is 2. The standard InChI is InChI=1S/C26H29N5O4S/c1-35-15-7-13-27-23(33)17-36-26-30-20-11-6-5-10-19(20)24-29-21(25(34)31(24)26)16-22(32)28-14-12-18-8-3-2-4-9-18/h2-6,8-11,21H,7,12-17H2,1H3,(H,27,33)(H,28,32)/t21-/m0/s1. The Bertz CT molecular complexity index is 1170. The SMILES string of the molecule is COCCCNC(=O)CSC1=Nc2ccccc2C2=N[C@@H](CC(=O)NCCc3ccccc3)C(=O)N12. The number of nitrogens with zero attached hydrogens (tertiary/aromatic N) is 3. The molecule has 0 radical (unpaired) electrons. The van der Waals surface area contributed by atoms with Gasteiger partial charge in [-0.15, -0.1) is 0 Å². The summed E-state index contributed by atoms with van der Waals surface area (Å²) in [6.07, 6.45) is 1.38. The Morgan fingerprint density at radius 2 is 1.78 bits per heavy atom. The number of thioether (sulfide) groups is 1. The molecule has 3 amide bonds. The molecule has 0 aromatic heterocycles. The van der Waals surface area contributed by atoms with E-state index in [0.717, 1.165) is 17.5 Å². The van der Waals surface area contributed by atoms with Crippen molar-refractivity contribution in [2.75, 3.05) is 32.6 Å². The molecule has 2 N–H and O–H groups in total. The first-order valence-corrected chi connectivity index (χ1v) is 12.8. The summed E-state index contributed by atoms with van der Waals surface area (Å²) >= 11 is 1.18. The van der Waals surface area contributed by atoms with Gasteiger partial charge < -0.3 is 15.4 Å². The Kier molecular flexibility index (Phi) is 8.85. The summed E-state index contributed by atoms with van der Waals surface area (Å²) in [5.41, 5.74) is 2.53. The molecular weight excluding hydrogens is 478 g/mol. The number of amides is 3. The maximum atomic E-state index is 13.3. The summed E-state index contributed by atoms with van der Waals surface area (Å²) in [5.74, 6) is -0.129. The third-order valence-corrected chi connectivity index (χ3v) is 6.62. The normalized spacial score (nSPS) is 16.1. The number of carbonyl (C=O) groups excluding carboxylic acids is 3. The second-order valence-electron chi connectivity index (χ2n) is 8.33. The number of ether oxygens (including phenoxy) is 1. The number of hydrogen-bond donors (Lipinski definition) is 2. The van der Waals surface area contributed by atoms with Gasteiger partial charge in [0.15, 0.2) is 5.17 Å². The van der Waals surface area contributed by atoms with Crippen LogP contribution in [0.4, 0.5) is 5.69 Å². The van der Waals surface area contributed by atoms with Gasteiger partial charge in [-0.3, -0.25) is 19.4 Å². The van der Waals surface area contributed by atoms with Crippen LogP contribution in [-0.4, -0.2) is 72.2 Å². The number of rotatable bonds is 11. The predicted molar refractivity (Wildman–Crippen MR) is 140 cm³/mol. The van der Waals surface area contributed by atoms with Crippen LogP contribution in [0.3, 0.4) is 0 Å². The zero-order valence-corrected chi connectivity index (χ0v) is 20.9. The zero-order chi connectivity index (χ0) is 25.3. The molecule has 0 saturated heterocycles. The Balaban J connectivity index is 1.39. The molecule has 188 valence electrons. The van der Waals surface area contributed by atoms with Crippen molar-refractivity contribution >= 4 is 46.2 Å². The van der Waals surface area contributed by atoms with Gasteiger partial charge >= 0.3 is 0 Å². The first-order chi connectivity index (χ1) is 17.6. The summed E-state index contributed by atoms with van der Waals surface area (Å²) in [5, 5.41) is 6.10. The fraction of sp³-hybridized carbons (Fsp3) is 0.346. The molecule has 0 bridgehead atoms. The first kappa shape index (κ1) is 25.6. The lowest BCUT2D eigenvalue weighted by atomic mass is 10.1. The summed E-state index contributed by atoms with van der Waals surface area (Å²) in [4.78, 5) is 48.8. The molecule has 0 fully saturated rings. The third-order valence-electron chi connectivity index (χ3n) is 5.68. The largest absolute Gasteiger partial charge is 0.385 e. The number of amidine groups is 2. The quantitative estimate of drug-likeness (QED) is 0.453. The van der Waals surface area contributed by atoms with Crippen LogP contribution in [0.5, 0.6) is 0 Å². The molecule has 36 heavy (non-hydrogen) atoms. The lowest BCUT2D eigenvalue weighted by molar-refractivity contribution is -0.128. The van der Waals surface area contributed by atoms with E-state index >= 15 is 0 Å². The molecule has 0 spiro atoms. The predicted octanol–water partition coefficient (Wildman–Crippen LogP) is 2.28. The van der Waals surface area contributed by atoms with Crippen molar-refractivity contribution in [2.24, 2.45) is 9.98 Å². The van der Waals surface area contributed by atoms with E-state index in [1.165, 1.54) is 16.7 Å². The Morgan fingerprint density at radius 1 is 1.03 bits per heavy atom. The molecule has 2 aliphatic rings. The number of benzene rings is 2. The summed E-state index contributed by atoms with van der Waals surface area (Å²) in [7, 11) is 1.62. The molecule has 2 aliphatic heterocycles. The van der Waals surface area contributed by atoms with Crippen LogP contribution in [0, 0.1) is 0 Å². The highest BCUT2D eigenvalue weighted by Gasteiger charge is 2.42. The van der Waals surface area contributed by atoms with Crippen LogP contribution < -0.4 is 10.6 Å². The van der Waals surface area contributed by atoms with Gasteiger partial charge in [0.05, 0.1) is 17.9 Å². The van der Waals surface area contributed by atoms with Crippen LogP contribution in [0.25, 0.3) is 0 Å². The van der Waals surface area contributed by atoms with Gasteiger partial charge in [0.1, 0.15) is 11.9 Å². The monoisotopic (exact) mass is 507 g/mol. The van der Waals surface area contributed by atoms with Crippen molar-refractivity contribution in [1.82, 2.24) is 15.5 Å². The lowest BCUT2D eigenvalue weighted by Gasteiger charge is -2.25. The maximum absolute atomic E-state index is 13.3. The van der Waals surface area contributed by atoms with Crippen LogP contribution in [0.1, 0.15) is 24.0 Å². The van der Waals surface area contributed by atoms with Crippen LogP contribution in [0.2, 0.25) is 0 Å². The summed E-state index contributed by atoms with van der Waals surface area (Å²) in [6, 6.07) is 16.5. The molecule has 10 heteroatoms. The minimum absolute atomic E-state index is 0.0479. The van der Waals surface area contributed by atoms with Gasteiger partial charge in [-0.1, -0.05) is 54.2 Å². The van der Waals surface area contributed by atoms with E-state index in [9.17, 15) is 14.4 Å². The van der Waals surface area contributed by atoms with Crippen molar-refractivity contribution in [3.8, 4) is 0 Å². The minimum Gasteiger partial charge on any atom is -0.385 e.